The van der Waals surface area contributed by atoms with Crippen molar-refractivity contribution in [3.05, 3.63) is 53.9 Å². The van der Waals surface area contributed by atoms with Gasteiger partial charge in [0.25, 0.3) is 0 Å². The zero-order chi connectivity index (χ0) is 15.6. The lowest BCUT2D eigenvalue weighted by molar-refractivity contribution is 0.261. The number of hydrogen-bond acceptors (Lipinski definition) is 4. The Hall–Kier alpha value is -2.27. The number of rotatable bonds is 3. The molecule has 0 aliphatic carbocycles. The van der Waals surface area contributed by atoms with E-state index in [1.807, 2.05) is 6.92 Å². The molecule has 1 aliphatic rings. The minimum atomic E-state index is 0.133. The summed E-state index contributed by atoms with van der Waals surface area (Å²) in [5.41, 5.74) is 1.26. The van der Waals surface area contributed by atoms with Crippen LogP contribution in [0, 0.1) is 12.8 Å². The molecule has 1 aromatic heterocycles. The highest BCUT2D eigenvalue weighted by atomic mass is 15.6. The van der Waals surface area contributed by atoms with E-state index in [2.05, 4.69) is 63.2 Å². The van der Waals surface area contributed by atoms with Crippen molar-refractivity contribution in [2.45, 2.75) is 25.8 Å². The van der Waals surface area contributed by atoms with Gasteiger partial charge in [0.2, 0.25) is 0 Å². The highest BCUT2D eigenvalue weighted by molar-refractivity contribution is 5.83. The van der Waals surface area contributed by atoms with Crippen LogP contribution in [0.3, 0.4) is 0 Å². The van der Waals surface area contributed by atoms with Crippen molar-refractivity contribution in [2.24, 2.45) is 5.92 Å². The number of piperidine rings is 1. The van der Waals surface area contributed by atoms with Gasteiger partial charge < -0.3 is 5.32 Å². The highest BCUT2D eigenvalue weighted by Crippen LogP contribution is 2.31. The first-order valence-corrected chi connectivity index (χ1v) is 8.27. The number of aromatic nitrogens is 4. The fourth-order valence-electron chi connectivity index (χ4n) is 3.55. The summed E-state index contributed by atoms with van der Waals surface area (Å²) < 4.78 is 0. The molecule has 1 fully saturated rings. The monoisotopic (exact) mass is 307 g/mol. The molecular weight excluding hydrogens is 286 g/mol. The highest BCUT2D eigenvalue weighted by Gasteiger charge is 2.28. The van der Waals surface area contributed by atoms with Crippen molar-refractivity contribution >= 4 is 10.8 Å². The van der Waals surface area contributed by atoms with E-state index in [4.69, 9.17) is 0 Å². The summed E-state index contributed by atoms with van der Waals surface area (Å²) >= 11 is 0. The van der Waals surface area contributed by atoms with Crippen LogP contribution in [0.15, 0.2) is 42.5 Å². The van der Waals surface area contributed by atoms with Crippen molar-refractivity contribution in [2.75, 3.05) is 13.1 Å². The van der Waals surface area contributed by atoms with E-state index < -0.39 is 0 Å². The van der Waals surface area contributed by atoms with Crippen LogP contribution in [-0.2, 0) is 0 Å². The molecule has 1 N–H and O–H groups in total. The van der Waals surface area contributed by atoms with Gasteiger partial charge in [-0.2, -0.15) is 4.80 Å². The number of tetrazole rings is 1. The molecule has 1 saturated heterocycles. The molecule has 2 aromatic carbocycles. The van der Waals surface area contributed by atoms with Crippen LogP contribution in [0.2, 0.25) is 0 Å². The first-order valence-electron chi connectivity index (χ1n) is 8.27. The van der Waals surface area contributed by atoms with E-state index in [0.29, 0.717) is 5.92 Å². The van der Waals surface area contributed by atoms with Crippen LogP contribution < -0.4 is 5.32 Å². The fourth-order valence-corrected chi connectivity index (χ4v) is 3.55. The predicted molar refractivity (Wildman–Crippen MR) is 90.2 cm³/mol. The lowest BCUT2D eigenvalue weighted by atomic mass is 9.87. The summed E-state index contributed by atoms with van der Waals surface area (Å²) in [5.74, 6) is 1.21. The van der Waals surface area contributed by atoms with Gasteiger partial charge in [0.05, 0.1) is 0 Å². The van der Waals surface area contributed by atoms with Gasteiger partial charge in [-0.05, 0) is 59.8 Å². The zero-order valence-corrected chi connectivity index (χ0v) is 13.3. The van der Waals surface area contributed by atoms with Crippen molar-refractivity contribution in [1.29, 1.82) is 0 Å². The average Bonchev–Trinajstić information content (AvgIpc) is 3.02. The molecule has 1 aliphatic heterocycles. The molecule has 23 heavy (non-hydrogen) atoms. The third kappa shape index (κ3) is 2.84. The Morgan fingerprint density at radius 1 is 1.17 bits per heavy atom. The summed E-state index contributed by atoms with van der Waals surface area (Å²) in [7, 11) is 0. The summed E-state index contributed by atoms with van der Waals surface area (Å²) in [4.78, 5) is 1.80. The molecule has 0 saturated carbocycles. The average molecular weight is 307 g/mol. The van der Waals surface area contributed by atoms with Crippen molar-refractivity contribution in [3.63, 3.8) is 0 Å². The Bertz CT molecular complexity index is 804. The van der Waals surface area contributed by atoms with Gasteiger partial charge in [-0.25, -0.2) is 0 Å². The maximum absolute atomic E-state index is 4.51. The quantitative estimate of drug-likeness (QED) is 0.808. The topological polar surface area (TPSA) is 55.6 Å². The molecule has 118 valence electrons. The number of nitrogens with zero attached hydrogens (tertiary/aromatic N) is 4. The third-order valence-corrected chi connectivity index (χ3v) is 4.67. The second-order valence-electron chi connectivity index (χ2n) is 6.31. The second kappa shape index (κ2) is 6.08. The Morgan fingerprint density at radius 2 is 2.04 bits per heavy atom. The van der Waals surface area contributed by atoms with E-state index in [1.54, 1.807) is 4.80 Å². The molecule has 0 radical (unpaired) electrons. The van der Waals surface area contributed by atoms with Gasteiger partial charge in [0.15, 0.2) is 5.82 Å². The normalized spacial score (nSPS) is 19.8. The smallest absolute Gasteiger partial charge is 0.171 e. The molecule has 0 bridgehead atoms. The van der Waals surface area contributed by atoms with E-state index in [0.717, 1.165) is 18.9 Å². The van der Waals surface area contributed by atoms with Gasteiger partial charge in [0, 0.05) is 6.54 Å². The molecule has 2 unspecified atom stereocenters. The standard InChI is InChI=1S/C18H21N5/c1-13-20-22-23(21-13)18(17-7-4-10-19-12-17)16-9-8-14-5-2-3-6-15(14)11-16/h2-3,5-6,8-9,11,17-19H,4,7,10,12H2,1H3. The Labute approximate surface area is 135 Å². The van der Waals surface area contributed by atoms with Crippen molar-refractivity contribution in [1.82, 2.24) is 25.5 Å². The summed E-state index contributed by atoms with van der Waals surface area (Å²) in [6.45, 7) is 3.99. The maximum Gasteiger partial charge on any atom is 0.171 e. The van der Waals surface area contributed by atoms with Gasteiger partial charge in [-0.15, -0.1) is 10.2 Å². The lowest BCUT2D eigenvalue weighted by Crippen LogP contribution is -2.36. The molecule has 4 rings (SSSR count). The van der Waals surface area contributed by atoms with Crippen LogP contribution in [0.1, 0.15) is 30.3 Å². The first kappa shape index (κ1) is 14.3. The summed E-state index contributed by atoms with van der Waals surface area (Å²) in [5, 5.41) is 18.9. The van der Waals surface area contributed by atoms with Crippen LogP contribution in [0.25, 0.3) is 10.8 Å². The maximum atomic E-state index is 4.51. The predicted octanol–water partition coefficient (Wildman–Crippen LogP) is 2.72. The molecule has 3 aromatic rings. The number of fused-ring (bicyclic) bond motifs is 1. The van der Waals surface area contributed by atoms with Gasteiger partial charge >= 0.3 is 0 Å². The van der Waals surface area contributed by atoms with E-state index in [9.17, 15) is 0 Å². The number of nitrogens with one attached hydrogen (secondary N) is 1. The van der Waals surface area contributed by atoms with Crippen LogP contribution >= 0.6 is 0 Å². The van der Waals surface area contributed by atoms with Crippen molar-refractivity contribution < 1.29 is 0 Å². The Balaban J connectivity index is 1.78. The minimum Gasteiger partial charge on any atom is -0.316 e. The zero-order valence-electron chi connectivity index (χ0n) is 13.3. The van der Waals surface area contributed by atoms with E-state index in [1.165, 1.54) is 29.2 Å². The lowest BCUT2D eigenvalue weighted by Gasteiger charge is -2.30. The van der Waals surface area contributed by atoms with Crippen molar-refractivity contribution in [3.8, 4) is 0 Å². The van der Waals surface area contributed by atoms with Crippen LogP contribution in [0.4, 0.5) is 0 Å². The number of benzene rings is 2. The fraction of sp³-hybridized carbons (Fsp3) is 0.389. The Kier molecular flexibility index (Phi) is 3.79. The second-order valence-corrected chi connectivity index (χ2v) is 6.31. The first-order chi connectivity index (χ1) is 11.3. The number of aryl methyl sites for hydroxylation is 1. The molecule has 2 atom stereocenters. The third-order valence-electron chi connectivity index (χ3n) is 4.67. The number of hydrogen-bond donors (Lipinski definition) is 1. The molecule has 2 heterocycles. The van der Waals surface area contributed by atoms with Gasteiger partial charge in [-0.3, -0.25) is 0 Å². The van der Waals surface area contributed by atoms with Crippen LogP contribution in [0.5, 0.6) is 0 Å². The molecule has 0 amide bonds. The van der Waals surface area contributed by atoms with Crippen LogP contribution in [-0.4, -0.2) is 33.3 Å². The largest absolute Gasteiger partial charge is 0.316 e. The van der Waals surface area contributed by atoms with E-state index in [-0.39, 0.29) is 6.04 Å². The molecular formula is C18H21N5. The molecule has 5 heteroatoms. The summed E-state index contributed by atoms with van der Waals surface area (Å²) in [6.07, 6.45) is 2.38. The summed E-state index contributed by atoms with van der Waals surface area (Å²) in [6, 6.07) is 15.3. The Morgan fingerprint density at radius 3 is 2.78 bits per heavy atom. The molecule has 5 nitrogen and oxygen atoms in total. The SMILES string of the molecule is Cc1nnn(C(c2ccc3ccccc3c2)C2CCCNC2)n1. The minimum absolute atomic E-state index is 0.133. The van der Waals surface area contributed by atoms with E-state index >= 15 is 0 Å². The van der Waals surface area contributed by atoms with Gasteiger partial charge in [-0.1, -0.05) is 36.4 Å². The van der Waals surface area contributed by atoms with Gasteiger partial charge in [0.1, 0.15) is 6.04 Å². The molecule has 0 spiro atoms.